The molecule has 1 aromatic rings. The van der Waals surface area contributed by atoms with Crippen molar-refractivity contribution in [3.8, 4) is 0 Å². The standard InChI is InChI=1S/C12H21N3O/c1-13-6-2-3-12-14-9-11(15-12)10-4-7-16-8-5-10/h9-10,13H,2-8H2,1H3,(H,14,15). The summed E-state index contributed by atoms with van der Waals surface area (Å²) in [5.41, 5.74) is 1.29. The quantitative estimate of drug-likeness (QED) is 0.743. The summed E-state index contributed by atoms with van der Waals surface area (Å²) in [6.45, 7) is 2.82. The second kappa shape index (κ2) is 6.01. The highest BCUT2D eigenvalue weighted by atomic mass is 16.5. The zero-order valence-corrected chi connectivity index (χ0v) is 9.96. The number of aryl methyl sites for hydroxylation is 1. The maximum atomic E-state index is 5.36. The Bertz CT molecular complexity index is 305. The fourth-order valence-electron chi connectivity index (χ4n) is 2.15. The Labute approximate surface area is 96.8 Å². The van der Waals surface area contributed by atoms with Crippen molar-refractivity contribution in [1.82, 2.24) is 15.3 Å². The highest BCUT2D eigenvalue weighted by molar-refractivity contribution is 5.08. The van der Waals surface area contributed by atoms with Gasteiger partial charge in [-0.3, -0.25) is 0 Å². The first-order chi connectivity index (χ1) is 7.90. The normalized spacial score (nSPS) is 17.8. The molecule has 0 unspecified atom stereocenters. The van der Waals surface area contributed by atoms with Gasteiger partial charge in [-0.1, -0.05) is 0 Å². The summed E-state index contributed by atoms with van der Waals surface area (Å²) in [6, 6.07) is 0. The van der Waals surface area contributed by atoms with E-state index in [0.717, 1.165) is 51.3 Å². The first-order valence-corrected chi connectivity index (χ1v) is 6.16. The van der Waals surface area contributed by atoms with Crippen LogP contribution in [-0.2, 0) is 11.2 Å². The van der Waals surface area contributed by atoms with E-state index in [0.29, 0.717) is 5.92 Å². The van der Waals surface area contributed by atoms with E-state index in [2.05, 4.69) is 15.3 Å². The van der Waals surface area contributed by atoms with Crippen molar-refractivity contribution in [2.75, 3.05) is 26.8 Å². The maximum absolute atomic E-state index is 5.36. The molecule has 0 atom stereocenters. The predicted octanol–water partition coefficient (Wildman–Crippen LogP) is 1.46. The molecule has 0 radical (unpaired) electrons. The van der Waals surface area contributed by atoms with Gasteiger partial charge in [-0.15, -0.1) is 0 Å². The summed E-state index contributed by atoms with van der Waals surface area (Å²) >= 11 is 0. The minimum atomic E-state index is 0.624. The third-order valence-electron chi connectivity index (χ3n) is 3.15. The average molecular weight is 223 g/mol. The fourth-order valence-corrected chi connectivity index (χ4v) is 2.15. The minimum absolute atomic E-state index is 0.624. The Kier molecular flexibility index (Phi) is 4.36. The summed E-state index contributed by atoms with van der Waals surface area (Å²) < 4.78 is 5.36. The number of imidazole rings is 1. The smallest absolute Gasteiger partial charge is 0.106 e. The predicted molar refractivity (Wildman–Crippen MR) is 63.6 cm³/mol. The van der Waals surface area contributed by atoms with Gasteiger partial charge < -0.3 is 15.0 Å². The van der Waals surface area contributed by atoms with Crippen LogP contribution in [0.2, 0.25) is 0 Å². The molecule has 1 fully saturated rings. The van der Waals surface area contributed by atoms with Crippen molar-refractivity contribution in [2.24, 2.45) is 0 Å². The molecule has 2 rings (SSSR count). The third kappa shape index (κ3) is 3.06. The molecule has 0 aromatic carbocycles. The van der Waals surface area contributed by atoms with Crippen LogP contribution in [-0.4, -0.2) is 36.8 Å². The largest absolute Gasteiger partial charge is 0.381 e. The Morgan fingerprint density at radius 1 is 1.50 bits per heavy atom. The van der Waals surface area contributed by atoms with Crippen LogP contribution in [0.3, 0.4) is 0 Å². The van der Waals surface area contributed by atoms with Gasteiger partial charge in [0.15, 0.2) is 0 Å². The van der Waals surface area contributed by atoms with Crippen LogP contribution < -0.4 is 5.32 Å². The minimum Gasteiger partial charge on any atom is -0.381 e. The van der Waals surface area contributed by atoms with E-state index >= 15 is 0 Å². The van der Waals surface area contributed by atoms with Crippen molar-refractivity contribution in [3.05, 3.63) is 17.7 Å². The highest BCUT2D eigenvalue weighted by Gasteiger charge is 2.17. The lowest BCUT2D eigenvalue weighted by Crippen LogP contribution is -2.14. The molecule has 0 bridgehead atoms. The zero-order chi connectivity index (χ0) is 11.2. The van der Waals surface area contributed by atoms with Gasteiger partial charge in [0, 0.05) is 37.4 Å². The van der Waals surface area contributed by atoms with Gasteiger partial charge in [-0.05, 0) is 32.9 Å². The number of aromatic amines is 1. The molecule has 1 aliphatic heterocycles. The Hall–Kier alpha value is -0.870. The first-order valence-electron chi connectivity index (χ1n) is 6.16. The Balaban J connectivity index is 1.85. The van der Waals surface area contributed by atoms with Gasteiger partial charge in [0.1, 0.15) is 5.82 Å². The second-order valence-corrected chi connectivity index (χ2v) is 4.38. The molecule has 2 heterocycles. The first kappa shape index (κ1) is 11.6. The van der Waals surface area contributed by atoms with Crippen LogP contribution in [0.5, 0.6) is 0 Å². The van der Waals surface area contributed by atoms with Gasteiger partial charge >= 0.3 is 0 Å². The van der Waals surface area contributed by atoms with E-state index < -0.39 is 0 Å². The van der Waals surface area contributed by atoms with Gasteiger partial charge in [0.25, 0.3) is 0 Å². The van der Waals surface area contributed by atoms with Crippen molar-refractivity contribution in [3.63, 3.8) is 0 Å². The second-order valence-electron chi connectivity index (χ2n) is 4.38. The summed E-state index contributed by atoms with van der Waals surface area (Å²) in [6.07, 6.45) is 6.42. The SMILES string of the molecule is CNCCCc1ncc(C2CCOCC2)[nH]1. The van der Waals surface area contributed by atoms with Crippen molar-refractivity contribution in [2.45, 2.75) is 31.6 Å². The van der Waals surface area contributed by atoms with Crippen LogP contribution in [0.1, 0.15) is 36.7 Å². The molecule has 90 valence electrons. The number of nitrogens with zero attached hydrogens (tertiary/aromatic N) is 1. The van der Waals surface area contributed by atoms with E-state index in [9.17, 15) is 0 Å². The number of hydrogen-bond donors (Lipinski definition) is 2. The lowest BCUT2D eigenvalue weighted by Gasteiger charge is -2.20. The summed E-state index contributed by atoms with van der Waals surface area (Å²) in [7, 11) is 1.98. The van der Waals surface area contributed by atoms with Gasteiger partial charge in [-0.25, -0.2) is 4.98 Å². The molecule has 1 aromatic heterocycles. The number of aromatic nitrogens is 2. The molecular weight excluding hydrogens is 202 g/mol. The molecular formula is C12H21N3O. The molecule has 4 nitrogen and oxygen atoms in total. The molecule has 0 amide bonds. The van der Waals surface area contributed by atoms with E-state index in [1.807, 2.05) is 13.2 Å². The van der Waals surface area contributed by atoms with Crippen molar-refractivity contribution in [1.29, 1.82) is 0 Å². The number of ether oxygens (including phenoxy) is 1. The third-order valence-corrected chi connectivity index (χ3v) is 3.15. The molecule has 0 aliphatic carbocycles. The van der Waals surface area contributed by atoms with E-state index in [1.165, 1.54) is 5.69 Å². The highest BCUT2D eigenvalue weighted by Crippen LogP contribution is 2.25. The van der Waals surface area contributed by atoms with Gasteiger partial charge in [-0.2, -0.15) is 0 Å². The zero-order valence-electron chi connectivity index (χ0n) is 9.96. The number of rotatable bonds is 5. The molecule has 1 aliphatic rings. The topological polar surface area (TPSA) is 49.9 Å². The summed E-state index contributed by atoms with van der Waals surface area (Å²) in [5.74, 6) is 1.75. The average Bonchev–Trinajstić information content (AvgIpc) is 2.79. The molecule has 2 N–H and O–H groups in total. The maximum Gasteiger partial charge on any atom is 0.106 e. The molecule has 1 saturated heterocycles. The fraction of sp³-hybridized carbons (Fsp3) is 0.750. The van der Waals surface area contributed by atoms with Gasteiger partial charge in [0.2, 0.25) is 0 Å². The molecule has 0 spiro atoms. The lowest BCUT2D eigenvalue weighted by atomic mass is 9.97. The Morgan fingerprint density at radius 3 is 3.06 bits per heavy atom. The van der Waals surface area contributed by atoms with Crippen LogP contribution in [0.15, 0.2) is 6.20 Å². The Morgan fingerprint density at radius 2 is 2.31 bits per heavy atom. The van der Waals surface area contributed by atoms with Crippen molar-refractivity contribution >= 4 is 0 Å². The lowest BCUT2D eigenvalue weighted by molar-refractivity contribution is 0.0845. The number of H-pyrrole nitrogens is 1. The van der Waals surface area contributed by atoms with Crippen LogP contribution in [0.25, 0.3) is 0 Å². The monoisotopic (exact) mass is 223 g/mol. The number of nitrogens with one attached hydrogen (secondary N) is 2. The molecule has 0 saturated carbocycles. The van der Waals surface area contributed by atoms with E-state index in [-0.39, 0.29) is 0 Å². The van der Waals surface area contributed by atoms with Crippen molar-refractivity contribution < 1.29 is 4.74 Å². The van der Waals surface area contributed by atoms with E-state index in [4.69, 9.17) is 4.74 Å². The van der Waals surface area contributed by atoms with Crippen LogP contribution in [0.4, 0.5) is 0 Å². The molecule has 16 heavy (non-hydrogen) atoms. The van der Waals surface area contributed by atoms with Gasteiger partial charge in [0.05, 0.1) is 0 Å². The van der Waals surface area contributed by atoms with Crippen LogP contribution in [0, 0.1) is 0 Å². The molecule has 4 heteroatoms. The van der Waals surface area contributed by atoms with E-state index in [1.54, 1.807) is 0 Å². The summed E-state index contributed by atoms with van der Waals surface area (Å²) in [5, 5.41) is 3.15. The van der Waals surface area contributed by atoms with Crippen LogP contribution >= 0.6 is 0 Å². The summed E-state index contributed by atoms with van der Waals surface area (Å²) in [4.78, 5) is 7.89. The number of hydrogen-bond acceptors (Lipinski definition) is 3.